The van der Waals surface area contributed by atoms with Crippen LogP contribution in [0.5, 0.6) is 0 Å². The van der Waals surface area contributed by atoms with Crippen LogP contribution in [0.1, 0.15) is 0 Å². The highest BCUT2D eigenvalue weighted by molar-refractivity contribution is 6.09. The summed E-state index contributed by atoms with van der Waals surface area (Å²) in [6.07, 6.45) is 5.03. The normalized spacial score (nSPS) is 11.3. The maximum Gasteiger partial charge on any atom is 0.189 e. The highest BCUT2D eigenvalue weighted by Crippen LogP contribution is 2.38. The lowest BCUT2D eigenvalue weighted by molar-refractivity contribution is 1.04. The molecule has 0 saturated carbocycles. The van der Waals surface area contributed by atoms with E-state index in [1.54, 1.807) is 18.6 Å². The molecule has 0 atom stereocenters. The lowest BCUT2D eigenvalue weighted by atomic mass is 10.1. The summed E-state index contributed by atoms with van der Waals surface area (Å²) in [6, 6.07) is 55.0. The van der Waals surface area contributed by atoms with E-state index < -0.39 is 0 Å². The van der Waals surface area contributed by atoms with Gasteiger partial charge >= 0.3 is 0 Å². The van der Waals surface area contributed by atoms with E-state index in [1.165, 1.54) is 21.8 Å². The topological polar surface area (TPSA) is 64.7 Å². The van der Waals surface area contributed by atoms with Gasteiger partial charge in [-0.3, -0.25) is 9.55 Å². The predicted molar refractivity (Wildman–Crippen MR) is 197 cm³/mol. The largest absolute Gasteiger partial charge is 0.311 e. The molecule has 7 nitrogen and oxygen atoms in total. The molecule has 0 aliphatic heterocycles. The summed E-state index contributed by atoms with van der Waals surface area (Å²) in [5.74, 6) is 1.35. The SMILES string of the molecule is c1ccc(N(c2ccc(-c3nnc(-c4cnccn4)n3-c3ccccc3)cc2)c2ccc(-n3c4ccccc4c4ccccc43)cc2)cc1. The van der Waals surface area contributed by atoms with Crippen molar-refractivity contribution >= 4 is 38.9 Å². The summed E-state index contributed by atoms with van der Waals surface area (Å²) in [6.45, 7) is 0. The predicted octanol–water partition coefficient (Wildman–Crippen LogP) is 9.96. The average Bonchev–Trinajstić information content (AvgIpc) is 3.77. The van der Waals surface area contributed by atoms with Gasteiger partial charge in [0.25, 0.3) is 0 Å². The van der Waals surface area contributed by atoms with Gasteiger partial charge in [-0.15, -0.1) is 10.2 Å². The summed E-state index contributed by atoms with van der Waals surface area (Å²) in [5, 5.41) is 11.7. The Morgan fingerprint density at radius 1 is 0.429 bits per heavy atom. The Hall–Kier alpha value is -6.86. The van der Waals surface area contributed by atoms with Crippen LogP contribution in [0, 0.1) is 0 Å². The van der Waals surface area contributed by atoms with Crippen molar-refractivity contribution in [1.82, 2.24) is 29.3 Å². The smallest absolute Gasteiger partial charge is 0.189 e. The first-order valence-corrected chi connectivity index (χ1v) is 16.1. The minimum atomic E-state index is 0.632. The van der Waals surface area contributed by atoms with Crippen molar-refractivity contribution in [3.63, 3.8) is 0 Å². The fourth-order valence-corrected chi connectivity index (χ4v) is 6.61. The molecule has 232 valence electrons. The Labute approximate surface area is 283 Å². The number of fused-ring (bicyclic) bond motifs is 3. The first-order valence-electron chi connectivity index (χ1n) is 16.1. The highest BCUT2D eigenvalue weighted by Gasteiger charge is 2.20. The molecule has 0 N–H and O–H groups in total. The number of nitrogens with zero attached hydrogens (tertiary/aromatic N) is 7. The molecule has 3 aromatic heterocycles. The van der Waals surface area contributed by atoms with Crippen LogP contribution in [-0.4, -0.2) is 29.3 Å². The van der Waals surface area contributed by atoms with E-state index in [2.05, 4.69) is 151 Å². The monoisotopic (exact) mass is 631 g/mol. The van der Waals surface area contributed by atoms with Gasteiger partial charge in [-0.1, -0.05) is 72.8 Å². The van der Waals surface area contributed by atoms with Crippen molar-refractivity contribution in [3.05, 3.63) is 176 Å². The quantitative estimate of drug-likeness (QED) is 0.175. The van der Waals surface area contributed by atoms with E-state index in [1.807, 2.05) is 41.0 Å². The second kappa shape index (κ2) is 12.1. The number of rotatable bonds is 7. The highest BCUT2D eigenvalue weighted by atomic mass is 15.3. The molecule has 0 unspecified atom stereocenters. The van der Waals surface area contributed by atoms with Crippen LogP contribution < -0.4 is 4.90 Å². The lowest BCUT2D eigenvalue weighted by Gasteiger charge is -2.26. The second-order valence-electron chi connectivity index (χ2n) is 11.7. The maximum atomic E-state index is 4.64. The van der Waals surface area contributed by atoms with Crippen molar-refractivity contribution in [1.29, 1.82) is 0 Å². The molecule has 6 aromatic carbocycles. The van der Waals surface area contributed by atoms with E-state index in [4.69, 9.17) is 0 Å². The second-order valence-corrected chi connectivity index (χ2v) is 11.7. The molecular formula is C42H29N7. The molecule has 0 radical (unpaired) electrons. The molecule has 7 heteroatoms. The van der Waals surface area contributed by atoms with E-state index in [-0.39, 0.29) is 0 Å². The number of aromatic nitrogens is 6. The first kappa shape index (κ1) is 28.4. The molecule has 0 spiro atoms. The van der Waals surface area contributed by atoms with Gasteiger partial charge in [0.1, 0.15) is 5.69 Å². The minimum absolute atomic E-state index is 0.632. The van der Waals surface area contributed by atoms with Gasteiger partial charge in [0.05, 0.1) is 17.2 Å². The summed E-state index contributed by atoms with van der Waals surface area (Å²) in [4.78, 5) is 11.0. The van der Waals surface area contributed by atoms with Crippen LogP contribution in [0.15, 0.2) is 176 Å². The molecule has 0 aliphatic carbocycles. The number of hydrogen-bond acceptors (Lipinski definition) is 5. The van der Waals surface area contributed by atoms with E-state index >= 15 is 0 Å². The molecule has 49 heavy (non-hydrogen) atoms. The molecule has 9 aromatic rings. The zero-order valence-electron chi connectivity index (χ0n) is 26.4. The van der Waals surface area contributed by atoms with Crippen molar-refractivity contribution in [2.75, 3.05) is 4.90 Å². The van der Waals surface area contributed by atoms with Gasteiger partial charge in [-0.2, -0.15) is 0 Å². The third-order valence-corrected chi connectivity index (χ3v) is 8.81. The summed E-state index contributed by atoms with van der Waals surface area (Å²) in [5.41, 5.74) is 9.18. The van der Waals surface area contributed by atoms with Gasteiger partial charge in [-0.25, -0.2) is 4.98 Å². The van der Waals surface area contributed by atoms with Gasteiger partial charge < -0.3 is 9.47 Å². The zero-order chi connectivity index (χ0) is 32.6. The summed E-state index contributed by atoms with van der Waals surface area (Å²) in [7, 11) is 0. The molecular weight excluding hydrogens is 603 g/mol. The van der Waals surface area contributed by atoms with Crippen LogP contribution in [-0.2, 0) is 0 Å². The van der Waals surface area contributed by atoms with Crippen LogP contribution in [0.3, 0.4) is 0 Å². The number of para-hydroxylation sites is 4. The van der Waals surface area contributed by atoms with E-state index in [9.17, 15) is 0 Å². The van der Waals surface area contributed by atoms with Crippen molar-refractivity contribution in [2.45, 2.75) is 0 Å². The molecule has 0 fully saturated rings. The fraction of sp³-hybridized carbons (Fsp3) is 0. The zero-order valence-corrected chi connectivity index (χ0v) is 26.4. The number of benzene rings is 6. The average molecular weight is 632 g/mol. The summed E-state index contributed by atoms with van der Waals surface area (Å²) >= 11 is 0. The Balaban J connectivity index is 1.12. The fourth-order valence-electron chi connectivity index (χ4n) is 6.61. The standard InChI is InChI=1S/C42H29N7/c1-3-11-31(12-4-1)47(34-23-25-35(26-24-34)48-39-17-9-7-15-36(39)37-16-8-10-18-40(37)48)33-21-19-30(20-22-33)41-45-46-42(38-29-43-27-28-44-38)49(41)32-13-5-2-6-14-32/h1-29H. The third kappa shape index (κ3) is 5.01. The number of anilines is 3. The minimum Gasteiger partial charge on any atom is -0.311 e. The van der Waals surface area contributed by atoms with Crippen molar-refractivity contribution in [2.24, 2.45) is 0 Å². The molecule has 0 bridgehead atoms. The Morgan fingerprint density at radius 2 is 0.959 bits per heavy atom. The van der Waals surface area contributed by atoms with Gasteiger partial charge in [0.15, 0.2) is 11.6 Å². The summed E-state index contributed by atoms with van der Waals surface area (Å²) < 4.78 is 4.37. The Morgan fingerprint density at radius 3 is 1.59 bits per heavy atom. The van der Waals surface area contributed by atoms with Gasteiger partial charge in [0, 0.05) is 57.2 Å². The maximum absolute atomic E-state index is 4.64. The molecule has 0 aliphatic rings. The first-order chi connectivity index (χ1) is 24.3. The van der Waals surface area contributed by atoms with Crippen molar-refractivity contribution < 1.29 is 0 Å². The number of hydrogen-bond donors (Lipinski definition) is 0. The van der Waals surface area contributed by atoms with Crippen LogP contribution in [0.25, 0.3) is 56.1 Å². The molecule has 0 amide bonds. The molecule has 0 saturated heterocycles. The van der Waals surface area contributed by atoms with Gasteiger partial charge in [-0.05, 0) is 84.9 Å². The lowest BCUT2D eigenvalue weighted by Crippen LogP contribution is -2.10. The molecule has 9 rings (SSSR count). The van der Waals surface area contributed by atoms with Crippen LogP contribution in [0.4, 0.5) is 17.1 Å². The Kier molecular flexibility index (Phi) is 6.98. The van der Waals surface area contributed by atoms with Crippen molar-refractivity contribution in [3.8, 4) is 34.3 Å². The Bertz CT molecular complexity index is 2470. The third-order valence-electron chi connectivity index (χ3n) is 8.81. The van der Waals surface area contributed by atoms with E-state index in [0.717, 1.165) is 39.8 Å². The van der Waals surface area contributed by atoms with Crippen LogP contribution in [0.2, 0.25) is 0 Å². The van der Waals surface area contributed by atoms with Crippen LogP contribution >= 0.6 is 0 Å². The molecule has 3 heterocycles. The van der Waals surface area contributed by atoms with E-state index in [0.29, 0.717) is 11.5 Å². The van der Waals surface area contributed by atoms with Gasteiger partial charge in [0.2, 0.25) is 0 Å².